The Morgan fingerprint density at radius 2 is 2.21 bits per heavy atom. The molecule has 0 aromatic heterocycles. The van der Waals surface area contributed by atoms with Crippen molar-refractivity contribution in [1.29, 1.82) is 0 Å². The predicted molar refractivity (Wildman–Crippen MR) is 60.2 cm³/mol. The molecule has 0 saturated heterocycles. The Bertz CT molecular complexity index is 189. The van der Waals surface area contributed by atoms with Crippen LogP contribution in [0, 0.1) is 0 Å². The number of rotatable bonds is 5. The highest BCUT2D eigenvalue weighted by Gasteiger charge is 2.12. The first kappa shape index (κ1) is 11.7. The second kappa shape index (κ2) is 6.20. The molecule has 0 spiro atoms. The summed E-state index contributed by atoms with van der Waals surface area (Å²) in [5.74, 6) is 0. The minimum atomic E-state index is 0.271. The molecule has 82 valence electrons. The largest absolute Gasteiger partial charge is 0.382 e. The van der Waals surface area contributed by atoms with Crippen molar-refractivity contribution in [2.24, 2.45) is 5.73 Å². The SMILES string of the molecule is COC(C)CCC(N)C1=CCCCC1. The quantitative estimate of drug-likeness (QED) is 0.688. The average Bonchev–Trinajstić information content (AvgIpc) is 2.26. The first-order valence-corrected chi connectivity index (χ1v) is 5.71. The summed E-state index contributed by atoms with van der Waals surface area (Å²) in [4.78, 5) is 0. The lowest BCUT2D eigenvalue weighted by atomic mass is 9.91. The van der Waals surface area contributed by atoms with E-state index in [1.807, 2.05) is 0 Å². The van der Waals surface area contributed by atoms with E-state index in [0.717, 1.165) is 12.8 Å². The highest BCUT2D eigenvalue weighted by Crippen LogP contribution is 2.21. The van der Waals surface area contributed by atoms with Gasteiger partial charge in [-0.3, -0.25) is 0 Å². The van der Waals surface area contributed by atoms with E-state index in [-0.39, 0.29) is 6.04 Å². The number of ether oxygens (including phenoxy) is 1. The number of hydrogen-bond acceptors (Lipinski definition) is 2. The normalized spacial score (nSPS) is 21.5. The van der Waals surface area contributed by atoms with Gasteiger partial charge in [0.15, 0.2) is 0 Å². The average molecular weight is 197 g/mol. The zero-order valence-corrected chi connectivity index (χ0v) is 9.46. The van der Waals surface area contributed by atoms with Gasteiger partial charge in [0.1, 0.15) is 0 Å². The minimum Gasteiger partial charge on any atom is -0.382 e. The van der Waals surface area contributed by atoms with E-state index in [2.05, 4.69) is 13.0 Å². The molecular formula is C12H23NO. The van der Waals surface area contributed by atoms with E-state index in [0.29, 0.717) is 6.10 Å². The molecular weight excluding hydrogens is 174 g/mol. The second-order valence-electron chi connectivity index (χ2n) is 4.25. The molecule has 14 heavy (non-hydrogen) atoms. The van der Waals surface area contributed by atoms with Crippen molar-refractivity contribution in [2.75, 3.05) is 7.11 Å². The van der Waals surface area contributed by atoms with Crippen LogP contribution in [0.5, 0.6) is 0 Å². The molecule has 0 radical (unpaired) electrons. The summed E-state index contributed by atoms with van der Waals surface area (Å²) in [6.45, 7) is 2.10. The first-order valence-electron chi connectivity index (χ1n) is 5.71. The van der Waals surface area contributed by atoms with Gasteiger partial charge in [0.05, 0.1) is 6.10 Å². The van der Waals surface area contributed by atoms with Gasteiger partial charge in [-0.05, 0) is 45.4 Å². The Labute approximate surface area is 87.5 Å². The Morgan fingerprint density at radius 3 is 2.79 bits per heavy atom. The van der Waals surface area contributed by atoms with Crippen LogP contribution >= 0.6 is 0 Å². The van der Waals surface area contributed by atoms with Crippen molar-refractivity contribution in [2.45, 2.75) is 57.6 Å². The van der Waals surface area contributed by atoms with Crippen LogP contribution in [-0.2, 0) is 4.74 Å². The fourth-order valence-corrected chi connectivity index (χ4v) is 1.92. The summed E-state index contributed by atoms with van der Waals surface area (Å²) in [6, 6.07) is 0.271. The van der Waals surface area contributed by atoms with Gasteiger partial charge in [0.2, 0.25) is 0 Å². The summed E-state index contributed by atoms with van der Waals surface area (Å²) >= 11 is 0. The third-order valence-electron chi connectivity index (χ3n) is 3.09. The molecule has 2 unspecified atom stereocenters. The van der Waals surface area contributed by atoms with Crippen LogP contribution < -0.4 is 5.73 Å². The van der Waals surface area contributed by atoms with Crippen LogP contribution in [0.25, 0.3) is 0 Å². The molecule has 1 aliphatic rings. The van der Waals surface area contributed by atoms with Crippen LogP contribution in [-0.4, -0.2) is 19.3 Å². The molecule has 0 fully saturated rings. The third-order valence-corrected chi connectivity index (χ3v) is 3.09. The lowest BCUT2D eigenvalue weighted by Crippen LogP contribution is -2.25. The van der Waals surface area contributed by atoms with Gasteiger partial charge in [0.25, 0.3) is 0 Å². The molecule has 0 heterocycles. The van der Waals surface area contributed by atoms with Crippen LogP contribution in [0.3, 0.4) is 0 Å². The molecule has 1 rings (SSSR count). The predicted octanol–water partition coefficient (Wildman–Crippen LogP) is 2.63. The molecule has 2 N–H and O–H groups in total. The van der Waals surface area contributed by atoms with E-state index < -0.39 is 0 Å². The minimum absolute atomic E-state index is 0.271. The van der Waals surface area contributed by atoms with E-state index >= 15 is 0 Å². The Balaban J connectivity index is 2.26. The van der Waals surface area contributed by atoms with E-state index in [1.54, 1.807) is 7.11 Å². The number of methoxy groups -OCH3 is 1. The molecule has 0 amide bonds. The monoisotopic (exact) mass is 197 g/mol. The summed E-state index contributed by atoms with van der Waals surface area (Å²) in [6.07, 6.45) is 9.89. The van der Waals surface area contributed by atoms with Gasteiger partial charge in [-0.15, -0.1) is 0 Å². The van der Waals surface area contributed by atoms with Crippen LogP contribution in [0.4, 0.5) is 0 Å². The number of allylic oxidation sites excluding steroid dienone is 1. The fourth-order valence-electron chi connectivity index (χ4n) is 1.92. The van der Waals surface area contributed by atoms with Gasteiger partial charge in [0, 0.05) is 13.2 Å². The van der Waals surface area contributed by atoms with Crippen molar-refractivity contribution in [1.82, 2.24) is 0 Å². The molecule has 0 saturated carbocycles. The fraction of sp³-hybridized carbons (Fsp3) is 0.833. The highest BCUT2D eigenvalue weighted by molar-refractivity contribution is 5.12. The summed E-state index contributed by atoms with van der Waals surface area (Å²) in [7, 11) is 1.76. The van der Waals surface area contributed by atoms with Crippen molar-refractivity contribution >= 4 is 0 Å². The second-order valence-corrected chi connectivity index (χ2v) is 4.25. The maximum Gasteiger partial charge on any atom is 0.0543 e. The topological polar surface area (TPSA) is 35.2 Å². The molecule has 0 aromatic rings. The summed E-state index contributed by atoms with van der Waals surface area (Å²) in [5, 5.41) is 0. The van der Waals surface area contributed by atoms with Gasteiger partial charge in [-0.25, -0.2) is 0 Å². The molecule has 2 heteroatoms. The van der Waals surface area contributed by atoms with Crippen LogP contribution in [0.2, 0.25) is 0 Å². The van der Waals surface area contributed by atoms with E-state index in [9.17, 15) is 0 Å². The highest BCUT2D eigenvalue weighted by atomic mass is 16.5. The Morgan fingerprint density at radius 1 is 1.43 bits per heavy atom. The van der Waals surface area contributed by atoms with E-state index in [4.69, 9.17) is 10.5 Å². The molecule has 0 aromatic carbocycles. The van der Waals surface area contributed by atoms with Gasteiger partial charge in [-0.1, -0.05) is 11.6 Å². The van der Waals surface area contributed by atoms with Gasteiger partial charge in [-0.2, -0.15) is 0 Å². The van der Waals surface area contributed by atoms with Crippen molar-refractivity contribution in [3.63, 3.8) is 0 Å². The zero-order chi connectivity index (χ0) is 10.4. The van der Waals surface area contributed by atoms with E-state index in [1.165, 1.54) is 31.3 Å². The third kappa shape index (κ3) is 3.81. The molecule has 2 atom stereocenters. The van der Waals surface area contributed by atoms with Crippen molar-refractivity contribution < 1.29 is 4.74 Å². The van der Waals surface area contributed by atoms with Gasteiger partial charge < -0.3 is 10.5 Å². The van der Waals surface area contributed by atoms with Crippen LogP contribution in [0.1, 0.15) is 45.4 Å². The molecule has 0 bridgehead atoms. The summed E-state index contributed by atoms with van der Waals surface area (Å²) in [5.41, 5.74) is 7.60. The maximum absolute atomic E-state index is 6.13. The Hall–Kier alpha value is -0.340. The molecule has 0 aliphatic heterocycles. The lowest BCUT2D eigenvalue weighted by Gasteiger charge is -2.20. The summed E-state index contributed by atoms with van der Waals surface area (Å²) < 4.78 is 5.21. The lowest BCUT2D eigenvalue weighted by molar-refractivity contribution is 0.108. The van der Waals surface area contributed by atoms with Crippen molar-refractivity contribution in [3.05, 3.63) is 11.6 Å². The zero-order valence-electron chi connectivity index (χ0n) is 9.46. The van der Waals surface area contributed by atoms with Crippen LogP contribution in [0.15, 0.2) is 11.6 Å². The Kier molecular flexibility index (Phi) is 5.20. The molecule has 1 aliphatic carbocycles. The smallest absolute Gasteiger partial charge is 0.0543 e. The first-order chi connectivity index (χ1) is 6.74. The standard InChI is InChI=1S/C12H23NO/c1-10(14-2)8-9-12(13)11-6-4-3-5-7-11/h6,10,12H,3-5,7-9,13H2,1-2H3. The number of hydrogen-bond donors (Lipinski definition) is 1. The maximum atomic E-state index is 6.13. The number of nitrogens with two attached hydrogens (primary N) is 1. The van der Waals surface area contributed by atoms with Crippen molar-refractivity contribution in [3.8, 4) is 0 Å². The van der Waals surface area contributed by atoms with Gasteiger partial charge >= 0.3 is 0 Å². The molecule has 2 nitrogen and oxygen atoms in total.